The third-order valence-electron chi connectivity index (χ3n) is 4.31. The van der Waals surface area contributed by atoms with Gasteiger partial charge in [0.05, 0.1) is 33.4 Å². The molecular weight excluding hydrogens is 350 g/mol. The number of aliphatic hydroxyl groups excluding tert-OH is 1. The van der Waals surface area contributed by atoms with Gasteiger partial charge in [-0.1, -0.05) is 24.3 Å². The van der Waals surface area contributed by atoms with Crippen LogP contribution in [0.2, 0.25) is 0 Å². The molecule has 7 heteroatoms. The van der Waals surface area contributed by atoms with Crippen LogP contribution >= 0.6 is 0 Å². The lowest BCUT2D eigenvalue weighted by Crippen LogP contribution is -2.31. The zero-order valence-electron chi connectivity index (χ0n) is 15.2. The number of methoxy groups -OCH3 is 3. The molecule has 0 radical (unpaired) electrons. The van der Waals surface area contributed by atoms with Crippen LogP contribution in [0.5, 0.6) is 17.2 Å². The number of rotatable bonds is 6. The minimum absolute atomic E-state index is 0.0132. The molecule has 2 aromatic carbocycles. The van der Waals surface area contributed by atoms with E-state index in [2.05, 4.69) is 0 Å². The summed E-state index contributed by atoms with van der Waals surface area (Å²) in [5.41, 5.74) is 0.951. The number of hydrogen-bond donors (Lipinski definition) is 1. The summed E-state index contributed by atoms with van der Waals surface area (Å²) in [6.07, 6.45) is 0. The lowest BCUT2D eigenvalue weighted by Gasteiger charge is -2.16. The Morgan fingerprint density at radius 3 is 2.19 bits per heavy atom. The lowest BCUT2D eigenvalue weighted by molar-refractivity contribution is -0.138. The monoisotopic (exact) mass is 369 g/mol. The van der Waals surface area contributed by atoms with Crippen molar-refractivity contribution >= 4 is 17.4 Å². The van der Waals surface area contributed by atoms with Gasteiger partial charge in [-0.3, -0.25) is 14.5 Å². The Morgan fingerprint density at radius 2 is 1.52 bits per heavy atom. The molecule has 7 nitrogen and oxygen atoms in total. The summed E-state index contributed by atoms with van der Waals surface area (Å²) in [4.78, 5) is 26.3. The summed E-state index contributed by atoms with van der Waals surface area (Å²) in [6.45, 7) is -0.0132. The SMILES string of the molecule is COc1ccc(CN2C(=O)C(O)=C(c3ccccc3OC)C2=O)cc1OC. The van der Waals surface area contributed by atoms with Gasteiger partial charge in [-0.25, -0.2) is 0 Å². The van der Waals surface area contributed by atoms with E-state index in [-0.39, 0.29) is 12.1 Å². The van der Waals surface area contributed by atoms with Gasteiger partial charge in [-0.2, -0.15) is 0 Å². The van der Waals surface area contributed by atoms with Crippen molar-refractivity contribution in [2.24, 2.45) is 0 Å². The maximum atomic E-state index is 12.9. The second kappa shape index (κ2) is 7.41. The molecule has 2 aromatic rings. The number of benzene rings is 2. The van der Waals surface area contributed by atoms with E-state index in [9.17, 15) is 14.7 Å². The Bertz CT molecular complexity index is 934. The molecule has 0 saturated carbocycles. The van der Waals surface area contributed by atoms with Crippen molar-refractivity contribution in [2.45, 2.75) is 6.54 Å². The molecule has 0 fully saturated rings. The van der Waals surface area contributed by atoms with Crippen molar-refractivity contribution in [3.8, 4) is 17.2 Å². The van der Waals surface area contributed by atoms with Gasteiger partial charge in [0.2, 0.25) is 0 Å². The first-order chi connectivity index (χ1) is 13.0. The molecule has 0 atom stereocenters. The van der Waals surface area contributed by atoms with Gasteiger partial charge in [0.15, 0.2) is 17.3 Å². The van der Waals surface area contributed by atoms with E-state index < -0.39 is 17.6 Å². The first-order valence-corrected chi connectivity index (χ1v) is 8.15. The first-order valence-electron chi connectivity index (χ1n) is 8.15. The molecule has 1 aliphatic rings. The smallest absolute Gasteiger partial charge is 0.296 e. The van der Waals surface area contributed by atoms with Gasteiger partial charge in [0.1, 0.15) is 5.75 Å². The van der Waals surface area contributed by atoms with Crippen molar-refractivity contribution in [2.75, 3.05) is 21.3 Å². The Hall–Kier alpha value is -3.48. The van der Waals surface area contributed by atoms with E-state index in [0.29, 0.717) is 28.4 Å². The predicted octanol–water partition coefficient (Wildman–Crippen LogP) is 2.55. The van der Waals surface area contributed by atoms with Crippen LogP contribution in [0.3, 0.4) is 0 Å². The number of imide groups is 1. The van der Waals surface area contributed by atoms with Crippen LogP contribution in [0, 0.1) is 0 Å². The van der Waals surface area contributed by atoms with Gasteiger partial charge in [-0.05, 0) is 23.8 Å². The maximum Gasteiger partial charge on any atom is 0.296 e. The molecule has 140 valence electrons. The lowest BCUT2D eigenvalue weighted by atomic mass is 10.0. The molecule has 0 saturated heterocycles. The molecule has 0 aliphatic carbocycles. The molecular formula is C20H19NO6. The molecule has 27 heavy (non-hydrogen) atoms. The third-order valence-corrected chi connectivity index (χ3v) is 4.31. The number of aliphatic hydroxyl groups is 1. The van der Waals surface area contributed by atoms with Gasteiger partial charge < -0.3 is 19.3 Å². The zero-order valence-corrected chi connectivity index (χ0v) is 15.2. The van der Waals surface area contributed by atoms with E-state index in [1.165, 1.54) is 21.3 Å². The number of amides is 2. The van der Waals surface area contributed by atoms with E-state index in [4.69, 9.17) is 14.2 Å². The van der Waals surface area contributed by atoms with Crippen LogP contribution in [0.1, 0.15) is 11.1 Å². The number of hydrogen-bond acceptors (Lipinski definition) is 6. The number of carbonyl (C=O) groups excluding carboxylic acids is 2. The molecule has 0 unspecified atom stereocenters. The maximum absolute atomic E-state index is 12.9. The van der Waals surface area contributed by atoms with E-state index >= 15 is 0 Å². The normalized spacial score (nSPS) is 14.0. The Morgan fingerprint density at radius 1 is 0.852 bits per heavy atom. The van der Waals surface area contributed by atoms with Crippen LogP contribution < -0.4 is 14.2 Å². The van der Waals surface area contributed by atoms with Crippen molar-refractivity contribution in [1.82, 2.24) is 4.90 Å². The van der Waals surface area contributed by atoms with Crippen LogP contribution in [0.15, 0.2) is 48.2 Å². The van der Waals surface area contributed by atoms with E-state index in [0.717, 1.165) is 4.90 Å². The van der Waals surface area contributed by atoms with E-state index in [1.807, 2.05) is 0 Å². The van der Waals surface area contributed by atoms with Gasteiger partial charge in [0, 0.05) is 5.56 Å². The van der Waals surface area contributed by atoms with Crippen LogP contribution in [0.25, 0.3) is 5.57 Å². The Labute approximate surface area is 156 Å². The second-order valence-corrected chi connectivity index (χ2v) is 5.81. The largest absolute Gasteiger partial charge is 0.502 e. The summed E-state index contributed by atoms with van der Waals surface area (Å²) in [6, 6.07) is 11.8. The fourth-order valence-corrected chi connectivity index (χ4v) is 2.96. The number of nitrogens with zero attached hydrogens (tertiary/aromatic N) is 1. The minimum Gasteiger partial charge on any atom is -0.502 e. The fraction of sp³-hybridized carbons (Fsp3) is 0.200. The average Bonchev–Trinajstić information content (AvgIpc) is 2.91. The van der Waals surface area contributed by atoms with Crippen molar-refractivity contribution < 1.29 is 28.9 Å². The third kappa shape index (κ3) is 3.19. The summed E-state index contributed by atoms with van der Waals surface area (Å²) in [7, 11) is 4.48. The molecule has 1 aliphatic heterocycles. The van der Waals surface area contributed by atoms with Crippen LogP contribution in [-0.4, -0.2) is 43.2 Å². The van der Waals surface area contributed by atoms with Crippen LogP contribution in [-0.2, 0) is 16.1 Å². The molecule has 1 N–H and O–H groups in total. The van der Waals surface area contributed by atoms with Crippen LogP contribution in [0.4, 0.5) is 0 Å². The molecule has 3 rings (SSSR count). The average molecular weight is 369 g/mol. The predicted molar refractivity (Wildman–Crippen MR) is 97.6 cm³/mol. The topological polar surface area (TPSA) is 85.3 Å². The van der Waals surface area contributed by atoms with Crippen molar-refractivity contribution in [1.29, 1.82) is 0 Å². The quantitative estimate of drug-likeness (QED) is 0.788. The minimum atomic E-state index is -0.754. The van der Waals surface area contributed by atoms with Crippen molar-refractivity contribution in [3.63, 3.8) is 0 Å². The Balaban J connectivity index is 1.92. The zero-order chi connectivity index (χ0) is 19.6. The highest BCUT2D eigenvalue weighted by Crippen LogP contribution is 2.35. The van der Waals surface area contributed by atoms with Gasteiger partial charge in [-0.15, -0.1) is 0 Å². The fourth-order valence-electron chi connectivity index (χ4n) is 2.96. The highest BCUT2D eigenvalue weighted by molar-refractivity contribution is 6.35. The van der Waals surface area contributed by atoms with Crippen molar-refractivity contribution in [3.05, 3.63) is 59.4 Å². The molecule has 0 bridgehead atoms. The van der Waals surface area contributed by atoms with E-state index in [1.54, 1.807) is 42.5 Å². The summed E-state index contributed by atoms with van der Waals surface area (Å²) >= 11 is 0. The Kier molecular flexibility index (Phi) is 5.03. The summed E-state index contributed by atoms with van der Waals surface area (Å²) in [5, 5.41) is 10.3. The molecule has 1 heterocycles. The molecule has 2 amide bonds. The molecule has 0 spiro atoms. The number of para-hydroxylation sites is 1. The number of ether oxygens (including phenoxy) is 3. The second-order valence-electron chi connectivity index (χ2n) is 5.81. The number of carbonyl (C=O) groups is 2. The highest BCUT2D eigenvalue weighted by atomic mass is 16.5. The summed E-state index contributed by atoms with van der Waals surface area (Å²) in [5.74, 6) is -0.516. The standard InChI is InChI=1S/C20H19NO6/c1-25-14-7-5-4-6-13(14)17-18(22)20(24)21(19(17)23)11-12-8-9-15(26-2)16(10-12)27-3/h4-10,22H,11H2,1-3H3. The summed E-state index contributed by atoms with van der Waals surface area (Å²) < 4.78 is 15.7. The highest BCUT2D eigenvalue weighted by Gasteiger charge is 2.40. The molecule has 0 aromatic heterocycles. The van der Waals surface area contributed by atoms with Gasteiger partial charge in [0.25, 0.3) is 11.8 Å². The first kappa shape index (κ1) is 18.3. The van der Waals surface area contributed by atoms with Gasteiger partial charge >= 0.3 is 0 Å².